The normalized spacial score (nSPS) is 17.2. The maximum absolute atomic E-state index is 5.06. The molecule has 1 fully saturated rings. The Kier molecular flexibility index (Phi) is 3.75. The summed E-state index contributed by atoms with van der Waals surface area (Å²) in [5, 5.41) is 5.77. The zero-order valence-corrected chi connectivity index (χ0v) is 8.58. The van der Waals surface area contributed by atoms with Crippen molar-refractivity contribution in [2.24, 2.45) is 5.92 Å². The van der Waals surface area contributed by atoms with Crippen molar-refractivity contribution < 1.29 is 0 Å². The van der Waals surface area contributed by atoms with Gasteiger partial charge in [0, 0.05) is 20.6 Å². The molecule has 70 valence electrons. The summed E-state index contributed by atoms with van der Waals surface area (Å²) in [5.74, 6) is 0.854. The first kappa shape index (κ1) is 9.74. The van der Waals surface area contributed by atoms with Gasteiger partial charge < -0.3 is 5.32 Å². The highest BCUT2D eigenvalue weighted by atomic mass is 32.1. The summed E-state index contributed by atoms with van der Waals surface area (Å²) in [6, 6.07) is 0. The lowest BCUT2D eigenvalue weighted by molar-refractivity contribution is 0.309. The summed E-state index contributed by atoms with van der Waals surface area (Å²) < 4.78 is 0. The van der Waals surface area contributed by atoms with Gasteiger partial charge in [-0.25, -0.2) is 5.01 Å². The van der Waals surface area contributed by atoms with Gasteiger partial charge in [-0.15, -0.1) is 0 Å². The van der Waals surface area contributed by atoms with E-state index in [2.05, 4.69) is 10.7 Å². The highest BCUT2D eigenvalue weighted by Gasteiger charge is 2.16. The molecule has 0 bridgehead atoms. The third-order valence-corrected chi connectivity index (χ3v) is 2.34. The first-order valence-corrected chi connectivity index (χ1v) is 4.81. The first-order chi connectivity index (χ1) is 5.68. The van der Waals surface area contributed by atoms with Crippen molar-refractivity contribution in [1.82, 2.24) is 15.8 Å². The van der Waals surface area contributed by atoms with Crippen LogP contribution in [0.25, 0.3) is 0 Å². The highest BCUT2D eigenvalue weighted by molar-refractivity contribution is 7.80. The van der Waals surface area contributed by atoms with E-state index in [4.69, 9.17) is 12.2 Å². The van der Waals surface area contributed by atoms with E-state index in [1.54, 1.807) is 0 Å². The number of hydrogen-bond acceptors (Lipinski definition) is 2. The molecule has 1 rings (SSSR count). The van der Waals surface area contributed by atoms with E-state index < -0.39 is 0 Å². The minimum atomic E-state index is 0.729. The lowest BCUT2D eigenvalue weighted by atomic mass is 9.85. The van der Waals surface area contributed by atoms with Gasteiger partial charge in [-0.3, -0.25) is 5.43 Å². The Morgan fingerprint density at radius 3 is 2.58 bits per heavy atom. The minimum absolute atomic E-state index is 0.729. The smallest absolute Gasteiger partial charge is 0.181 e. The Labute approximate surface area is 79.5 Å². The molecule has 0 aromatic heterocycles. The Morgan fingerprint density at radius 1 is 1.50 bits per heavy atom. The second-order valence-electron chi connectivity index (χ2n) is 3.51. The van der Waals surface area contributed by atoms with Crippen molar-refractivity contribution in [3.63, 3.8) is 0 Å². The maximum Gasteiger partial charge on any atom is 0.181 e. The first-order valence-electron chi connectivity index (χ1n) is 4.40. The SMILES string of the molecule is CN(C)NC(=S)NCC1CCC1. The third kappa shape index (κ3) is 3.36. The average Bonchev–Trinajstić information content (AvgIpc) is 1.81. The molecule has 0 aliphatic heterocycles. The molecular formula is C8H17N3S. The quantitative estimate of drug-likeness (QED) is 0.503. The summed E-state index contributed by atoms with van der Waals surface area (Å²) >= 11 is 5.06. The summed E-state index contributed by atoms with van der Waals surface area (Å²) in [4.78, 5) is 0. The number of hydrazine groups is 1. The van der Waals surface area contributed by atoms with E-state index in [9.17, 15) is 0 Å². The van der Waals surface area contributed by atoms with Gasteiger partial charge in [0.25, 0.3) is 0 Å². The molecule has 0 aromatic rings. The predicted molar refractivity (Wildman–Crippen MR) is 54.8 cm³/mol. The van der Waals surface area contributed by atoms with Crippen LogP contribution >= 0.6 is 12.2 Å². The van der Waals surface area contributed by atoms with E-state index in [0.717, 1.165) is 17.6 Å². The summed E-state index contributed by atoms with van der Waals surface area (Å²) in [7, 11) is 3.86. The standard InChI is InChI=1S/C8H17N3S/c1-11(2)10-8(12)9-6-7-4-3-5-7/h7H,3-6H2,1-2H3,(H2,9,10,12). The average molecular weight is 187 g/mol. The van der Waals surface area contributed by atoms with E-state index in [0.29, 0.717) is 0 Å². The zero-order valence-electron chi connectivity index (χ0n) is 7.76. The van der Waals surface area contributed by atoms with Gasteiger partial charge in [-0.05, 0) is 31.0 Å². The fraction of sp³-hybridized carbons (Fsp3) is 0.875. The largest absolute Gasteiger partial charge is 0.361 e. The van der Waals surface area contributed by atoms with Crippen molar-refractivity contribution >= 4 is 17.3 Å². The van der Waals surface area contributed by atoms with Crippen LogP contribution in [-0.2, 0) is 0 Å². The van der Waals surface area contributed by atoms with Crippen LogP contribution in [0.4, 0.5) is 0 Å². The van der Waals surface area contributed by atoms with Crippen LogP contribution in [0.5, 0.6) is 0 Å². The molecule has 1 aliphatic carbocycles. The van der Waals surface area contributed by atoms with Gasteiger partial charge in [0.15, 0.2) is 5.11 Å². The number of nitrogens with one attached hydrogen (secondary N) is 2. The van der Waals surface area contributed by atoms with Gasteiger partial charge in [0.1, 0.15) is 0 Å². The number of rotatable bonds is 3. The Morgan fingerprint density at radius 2 is 2.17 bits per heavy atom. The molecule has 3 nitrogen and oxygen atoms in total. The number of nitrogens with zero attached hydrogens (tertiary/aromatic N) is 1. The highest BCUT2D eigenvalue weighted by Crippen LogP contribution is 2.24. The third-order valence-electron chi connectivity index (χ3n) is 2.10. The molecule has 1 saturated carbocycles. The number of hydrogen-bond donors (Lipinski definition) is 2. The molecule has 0 unspecified atom stereocenters. The van der Waals surface area contributed by atoms with Crippen molar-refractivity contribution in [3.05, 3.63) is 0 Å². The van der Waals surface area contributed by atoms with Crippen LogP contribution in [0.1, 0.15) is 19.3 Å². The second kappa shape index (κ2) is 4.62. The molecule has 0 radical (unpaired) electrons. The van der Waals surface area contributed by atoms with Crippen molar-refractivity contribution in [2.45, 2.75) is 19.3 Å². The lowest BCUT2D eigenvalue weighted by Crippen LogP contribution is -2.45. The van der Waals surface area contributed by atoms with E-state index >= 15 is 0 Å². The summed E-state index contributed by atoms with van der Waals surface area (Å²) in [6.45, 7) is 1.03. The fourth-order valence-electron chi connectivity index (χ4n) is 1.18. The van der Waals surface area contributed by atoms with Crippen LogP contribution < -0.4 is 10.7 Å². The molecule has 0 atom stereocenters. The molecule has 4 heteroatoms. The molecule has 0 spiro atoms. The van der Waals surface area contributed by atoms with Gasteiger partial charge in [-0.1, -0.05) is 6.42 Å². The summed E-state index contributed by atoms with van der Waals surface area (Å²) in [6.07, 6.45) is 4.11. The van der Waals surface area contributed by atoms with Crippen molar-refractivity contribution in [1.29, 1.82) is 0 Å². The minimum Gasteiger partial charge on any atom is -0.361 e. The van der Waals surface area contributed by atoms with E-state index in [1.807, 2.05) is 19.1 Å². The molecule has 12 heavy (non-hydrogen) atoms. The van der Waals surface area contributed by atoms with Crippen LogP contribution in [0.2, 0.25) is 0 Å². The Balaban J connectivity index is 2.01. The van der Waals surface area contributed by atoms with E-state index in [-0.39, 0.29) is 0 Å². The van der Waals surface area contributed by atoms with Crippen LogP contribution in [-0.4, -0.2) is 30.8 Å². The predicted octanol–water partition coefficient (Wildman–Crippen LogP) is 0.727. The monoisotopic (exact) mass is 187 g/mol. The molecular weight excluding hydrogens is 170 g/mol. The van der Waals surface area contributed by atoms with Crippen LogP contribution in [0.3, 0.4) is 0 Å². The number of thiocarbonyl (C=S) groups is 1. The topological polar surface area (TPSA) is 27.3 Å². The molecule has 0 saturated heterocycles. The molecule has 0 heterocycles. The lowest BCUT2D eigenvalue weighted by Gasteiger charge is -2.26. The Bertz CT molecular complexity index is 154. The fourth-order valence-corrected chi connectivity index (χ4v) is 1.44. The van der Waals surface area contributed by atoms with Crippen LogP contribution in [0, 0.1) is 5.92 Å². The molecule has 0 amide bonds. The Hall–Kier alpha value is -0.350. The van der Waals surface area contributed by atoms with E-state index in [1.165, 1.54) is 19.3 Å². The van der Waals surface area contributed by atoms with Crippen molar-refractivity contribution in [2.75, 3.05) is 20.6 Å². The van der Waals surface area contributed by atoms with Crippen molar-refractivity contribution in [3.8, 4) is 0 Å². The maximum atomic E-state index is 5.06. The molecule has 0 aromatic carbocycles. The molecule has 2 N–H and O–H groups in total. The van der Waals surface area contributed by atoms with Gasteiger partial charge >= 0.3 is 0 Å². The van der Waals surface area contributed by atoms with Gasteiger partial charge in [-0.2, -0.15) is 0 Å². The molecule has 1 aliphatic rings. The second-order valence-corrected chi connectivity index (χ2v) is 3.92. The van der Waals surface area contributed by atoms with Gasteiger partial charge in [0.2, 0.25) is 0 Å². The zero-order chi connectivity index (χ0) is 8.97. The summed E-state index contributed by atoms with van der Waals surface area (Å²) in [5.41, 5.74) is 3.00. The van der Waals surface area contributed by atoms with Gasteiger partial charge in [0.05, 0.1) is 0 Å². The van der Waals surface area contributed by atoms with Crippen LogP contribution in [0.15, 0.2) is 0 Å².